The van der Waals surface area contributed by atoms with Crippen LogP contribution in [0.15, 0.2) is 22.7 Å². The van der Waals surface area contributed by atoms with Crippen molar-refractivity contribution in [3.05, 3.63) is 28.2 Å². The average Bonchev–Trinajstić information content (AvgIpc) is 2.75. The van der Waals surface area contributed by atoms with Crippen LogP contribution in [0.25, 0.3) is 0 Å². The molecule has 1 aromatic rings. The maximum Gasteiger partial charge on any atom is 0.139 e. The van der Waals surface area contributed by atoms with E-state index in [2.05, 4.69) is 15.9 Å². The number of hydrogen-bond acceptors (Lipinski definition) is 3. The third kappa shape index (κ3) is 3.00. The molecule has 0 unspecified atom stereocenters. The summed E-state index contributed by atoms with van der Waals surface area (Å²) in [7, 11) is 0. The van der Waals surface area contributed by atoms with Crippen molar-refractivity contribution in [2.45, 2.75) is 37.9 Å². The maximum atomic E-state index is 10.2. The minimum atomic E-state index is -0.692. The summed E-state index contributed by atoms with van der Waals surface area (Å²) in [4.78, 5) is 0. The lowest BCUT2D eigenvalue weighted by molar-refractivity contribution is 0.000584. The van der Waals surface area contributed by atoms with Gasteiger partial charge in [-0.3, -0.25) is 0 Å². The normalized spacial score (nSPS) is 18.3. The van der Waals surface area contributed by atoms with Crippen molar-refractivity contribution in [3.63, 3.8) is 0 Å². The molecule has 94 valence electrons. The topological polar surface area (TPSA) is 49.7 Å². The molecule has 1 saturated carbocycles. The minimum absolute atomic E-state index is 0.0623. The van der Waals surface area contributed by atoms with Crippen LogP contribution in [0.5, 0.6) is 5.75 Å². The number of para-hydroxylation sites is 1. The van der Waals surface area contributed by atoms with Crippen LogP contribution in [0.1, 0.15) is 31.2 Å². The standard InChI is InChI=1S/C13H17BrO3/c14-11-5-3-4-10(8-15)12(11)17-9-13(16)6-1-2-7-13/h3-5,15-16H,1-2,6-9H2. The Bertz CT molecular complexity index is 386. The molecule has 1 fully saturated rings. The molecule has 1 aromatic carbocycles. The lowest BCUT2D eigenvalue weighted by atomic mass is 10.0. The summed E-state index contributed by atoms with van der Waals surface area (Å²) in [5.74, 6) is 0.635. The van der Waals surface area contributed by atoms with Gasteiger partial charge in [0.15, 0.2) is 0 Å². The van der Waals surface area contributed by atoms with Gasteiger partial charge in [-0.05, 0) is 34.8 Å². The average molecular weight is 301 g/mol. The molecule has 1 aliphatic rings. The van der Waals surface area contributed by atoms with Crippen LogP contribution in [-0.4, -0.2) is 22.4 Å². The predicted molar refractivity (Wildman–Crippen MR) is 69.0 cm³/mol. The van der Waals surface area contributed by atoms with Crippen LogP contribution in [0.3, 0.4) is 0 Å². The molecule has 17 heavy (non-hydrogen) atoms. The molecule has 0 atom stereocenters. The molecule has 0 amide bonds. The molecular weight excluding hydrogens is 284 g/mol. The van der Waals surface area contributed by atoms with Gasteiger partial charge in [-0.2, -0.15) is 0 Å². The van der Waals surface area contributed by atoms with Crippen molar-refractivity contribution in [3.8, 4) is 5.75 Å². The first-order valence-electron chi connectivity index (χ1n) is 5.88. The number of aliphatic hydroxyl groups is 2. The quantitative estimate of drug-likeness (QED) is 0.899. The number of hydrogen-bond donors (Lipinski definition) is 2. The highest BCUT2D eigenvalue weighted by Crippen LogP contribution is 2.33. The van der Waals surface area contributed by atoms with E-state index in [-0.39, 0.29) is 6.61 Å². The lowest BCUT2D eigenvalue weighted by Gasteiger charge is -2.23. The summed E-state index contributed by atoms with van der Waals surface area (Å²) in [6.45, 7) is 0.232. The van der Waals surface area contributed by atoms with Gasteiger partial charge in [0.25, 0.3) is 0 Å². The highest BCUT2D eigenvalue weighted by Gasteiger charge is 2.32. The second-order valence-corrected chi connectivity index (χ2v) is 5.46. The summed E-state index contributed by atoms with van der Waals surface area (Å²) in [5.41, 5.74) is 0.0446. The summed E-state index contributed by atoms with van der Waals surface area (Å²) in [6, 6.07) is 5.54. The minimum Gasteiger partial charge on any atom is -0.489 e. The molecule has 2 N–H and O–H groups in total. The van der Waals surface area contributed by atoms with Crippen LogP contribution >= 0.6 is 15.9 Å². The Labute approximate surface area is 110 Å². The van der Waals surface area contributed by atoms with Crippen LogP contribution in [0.2, 0.25) is 0 Å². The Morgan fingerprint density at radius 3 is 2.65 bits per heavy atom. The van der Waals surface area contributed by atoms with E-state index in [0.717, 1.165) is 35.7 Å². The van der Waals surface area contributed by atoms with Gasteiger partial charge in [0, 0.05) is 5.56 Å². The molecule has 2 rings (SSSR count). The van der Waals surface area contributed by atoms with E-state index >= 15 is 0 Å². The highest BCUT2D eigenvalue weighted by atomic mass is 79.9. The van der Waals surface area contributed by atoms with E-state index in [4.69, 9.17) is 4.74 Å². The number of rotatable bonds is 4. The summed E-state index contributed by atoms with van der Waals surface area (Å²) in [5, 5.41) is 19.4. The maximum absolute atomic E-state index is 10.2. The van der Waals surface area contributed by atoms with E-state index in [1.165, 1.54) is 0 Å². The van der Waals surface area contributed by atoms with Crippen molar-refractivity contribution < 1.29 is 14.9 Å². The number of halogens is 1. The molecule has 0 saturated heterocycles. The Kier molecular flexibility index (Phi) is 4.07. The molecule has 3 nitrogen and oxygen atoms in total. The largest absolute Gasteiger partial charge is 0.489 e. The molecule has 1 aliphatic carbocycles. The van der Waals surface area contributed by atoms with Crippen LogP contribution in [0.4, 0.5) is 0 Å². The number of benzene rings is 1. The smallest absolute Gasteiger partial charge is 0.139 e. The lowest BCUT2D eigenvalue weighted by Crippen LogP contribution is -2.32. The van der Waals surface area contributed by atoms with Gasteiger partial charge in [0.2, 0.25) is 0 Å². The molecular formula is C13H17BrO3. The van der Waals surface area contributed by atoms with Gasteiger partial charge in [-0.15, -0.1) is 0 Å². The van der Waals surface area contributed by atoms with Gasteiger partial charge >= 0.3 is 0 Å². The van der Waals surface area contributed by atoms with Gasteiger partial charge in [-0.1, -0.05) is 25.0 Å². The molecule has 4 heteroatoms. The van der Waals surface area contributed by atoms with E-state index in [9.17, 15) is 10.2 Å². The van der Waals surface area contributed by atoms with Crippen molar-refractivity contribution in [1.82, 2.24) is 0 Å². The Morgan fingerprint density at radius 2 is 2.00 bits per heavy atom. The zero-order chi connectivity index (χ0) is 12.3. The third-order valence-corrected chi connectivity index (χ3v) is 3.86. The molecule has 0 spiro atoms. The third-order valence-electron chi connectivity index (χ3n) is 3.24. The summed E-state index contributed by atoms with van der Waals surface area (Å²) in [6.07, 6.45) is 3.71. The predicted octanol–water partition coefficient (Wildman–Crippen LogP) is 2.63. The van der Waals surface area contributed by atoms with Crippen molar-refractivity contribution >= 4 is 15.9 Å². The van der Waals surface area contributed by atoms with Crippen molar-refractivity contribution in [2.24, 2.45) is 0 Å². The summed E-state index contributed by atoms with van der Waals surface area (Å²) >= 11 is 3.40. The van der Waals surface area contributed by atoms with E-state index < -0.39 is 5.60 Å². The van der Waals surface area contributed by atoms with Gasteiger partial charge < -0.3 is 14.9 Å². The van der Waals surface area contributed by atoms with Gasteiger partial charge in [0.1, 0.15) is 12.4 Å². The van der Waals surface area contributed by atoms with E-state index in [1.54, 1.807) is 0 Å². The molecule has 0 heterocycles. The number of aliphatic hydroxyl groups excluding tert-OH is 1. The van der Waals surface area contributed by atoms with Crippen molar-refractivity contribution in [1.29, 1.82) is 0 Å². The Balaban J connectivity index is 2.08. The molecule has 0 aromatic heterocycles. The fourth-order valence-electron chi connectivity index (χ4n) is 2.22. The second kappa shape index (κ2) is 5.38. The first-order chi connectivity index (χ1) is 8.14. The SMILES string of the molecule is OCc1cccc(Br)c1OCC1(O)CCCC1. The van der Waals surface area contributed by atoms with E-state index in [1.807, 2.05) is 18.2 Å². The number of ether oxygens (including phenoxy) is 1. The highest BCUT2D eigenvalue weighted by molar-refractivity contribution is 9.10. The van der Waals surface area contributed by atoms with Crippen molar-refractivity contribution in [2.75, 3.05) is 6.61 Å². The van der Waals surface area contributed by atoms with Crippen LogP contribution in [0, 0.1) is 0 Å². The van der Waals surface area contributed by atoms with Crippen LogP contribution in [-0.2, 0) is 6.61 Å². The fraction of sp³-hybridized carbons (Fsp3) is 0.538. The zero-order valence-corrected chi connectivity index (χ0v) is 11.2. The fourth-order valence-corrected chi connectivity index (χ4v) is 2.75. The monoisotopic (exact) mass is 300 g/mol. The van der Waals surface area contributed by atoms with Gasteiger partial charge in [0.05, 0.1) is 16.7 Å². The molecule has 0 bridgehead atoms. The van der Waals surface area contributed by atoms with Gasteiger partial charge in [-0.25, -0.2) is 0 Å². The molecule has 0 aliphatic heterocycles. The Hall–Kier alpha value is -0.580. The second-order valence-electron chi connectivity index (χ2n) is 4.61. The zero-order valence-electron chi connectivity index (χ0n) is 9.66. The first-order valence-corrected chi connectivity index (χ1v) is 6.67. The van der Waals surface area contributed by atoms with E-state index in [0.29, 0.717) is 12.4 Å². The summed E-state index contributed by atoms with van der Waals surface area (Å²) < 4.78 is 6.50. The van der Waals surface area contributed by atoms with Crippen LogP contribution < -0.4 is 4.74 Å². The Morgan fingerprint density at radius 1 is 1.29 bits per heavy atom. The molecule has 0 radical (unpaired) electrons. The first kappa shape index (κ1) is 12.9.